The van der Waals surface area contributed by atoms with Crippen molar-refractivity contribution >= 4 is 12.8 Å². The number of hydrogen-bond acceptors (Lipinski definition) is 4. The molecule has 0 saturated carbocycles. The quantitative estimate of drug-likeness (QED) is 0.412. The Hall–Kier alpha value is -3.02. The molecule has 2 rings (SSSR count). The minimum Gasteiger partial charge on any atom is -0.507 e. The molecular weight excluding hydrogens is 308 g/mol. The van der Waals surface area contributed by atoms with Crippen molar-refractivity contribution in [1.29, 1.82) is 0 Å². The maximum Gasteiger partial charge on any atom is 0.207 e. The smallest absolute Gasteiger partial charge is 0.207 e. The molecule has 0 aliphatic rings. The first-order valence-electron chi connectivity index (χ1n) is 7.65. The molecule has 4 N–H and O–H groups in total. The molecule has 0 aliphatic heterocycles. The van der Waals surface area contributed by atoms with E-state index in [1.54, 1.807) is 24.3 Å². The second-order valence-corrected chi connectivity index (χ2v) is 5.27. The number of phenols is 2. The maximum atomic E-state index is 10.4. The number of carbonyl (C=O) groups is 2. The molecule has 6 heteroatoms. The van der Waals surface area contributed by atoms with Crippen molar-refractivity contribution in [3.05, 3.63) is 47.5 Å². The first-order valence-corrected chi connectivity index (χ1v) is 7.65. The van der Waals surface area contributed by atoms with Gasteiger partial charge in [-0.2, -0.15) is 0 Å². The Morgan fingerprint density at radius 1 is 0.750 bits per heavy atom. The van der Waals surface area contributed by atoms with E-state index in [4.69, 9.17) is 0 Å². The molecule has 0 bridgehead atoms. The fraction of sp³-hybridized carbons (Fsp3) is 0.222. The van der Waals surface area contributed by atoms with Crippen molar-refractivity contribution in [1.82, 2.24) is 10.6 Å². The Morgan fingerprint density at radius 2 is 1.17 bits per heavy atom. The summed E-state index contributed by atoms with van der Waals surface area (Å²) in [5, 5.41) is 25.9. The van der Waals surface area contributed by atoms with E-state index in [9.17, 15) is 19.8 Å². The van der Waals surface area contributed by atoms with Gasteiger partial charge in [0.15, 0.2) is 0 Å². The van der Waals surface area contributed by atoms with Crippen LogP contribution in [0.2, 0.25) is 0 Å². The normalized spacial score (nSPS) is 10.2. The molecule has 0 saturated heterocycles. The van der Waals surface area contributed by atoms with Gasteiger partial charge in [-0.15, -0.1) is 0 Å². The third kappa shape index (κ3) is 4.04. The number of hydrogen-bond donors (Lipinski definition) is 4. The third-order valence-corrected chi connectivity index (χ3v) is 3.75. The number of amides is 2. The molecule has 2 aromatic rings. The molecule has 0 spiro atoms. The predicted molar refractivity (Wildman–Crippen MR) is 90.7 cm³/mol. The first-order chi connectivity index (χ1) is 11.7. The summed E-state index contributed by atoms with van der Waals surface area (Å²) in [6.45, 7) is 0.852. The van der Waals surface area contributed by atoms with Gasteiger partial charge >= 0.3 is 0 Å². The molecule has 0 heterocycles. The summed E-state index contributed by atoms with van der Waals surface area (Å²) >= 11 is 0. The minimum atomic E-state index is 0.0599. The van der Waals surface area contributed by atoms with Crippen LogP contribution in [0.1, 0.15) is 11.1 Å². The zero-order valence-corrected chi connectivity index (χ0v) is 13.2. The SMILES string of the molecule is O=CNCCc1cccc(O)c1-c1c(O)cccc1CCNC=O. The van der Waals surface area contributed by atoms with Crippen LogP contribution in [0.5, 0.6) is 11.5 Å². The lowest BCUT2D eigenvalue weighted by molar-refractivity contribution is -0.110. The standard InChI is InChI=1S/C18H20N2O4/c21-11-19-9-7-13-3-1-5-15(23)17(13)18-14(8-10-20-12-22)4-2-6-16(18)24/h1-6,11-12,23-24H,7-10H2,(H,19,21)(H,20,22). The molecule has 126 valence electrons. The molecular formula is C18H20N2O4. The second-order valence-electron chi connectivity index (χ2n) is 5.27. The molecule has 0 unspecified atom stereocenters. The average molecular weight is 328 g/mol. The van der Waals surface area contributed by atoms with Gasteiger partial charge in [-0.1, -0.05) is 24.3 Å². The monoisotopic (exact) mass is 328 g/mol. The summed E-state index contributed by atoms with van der Waals surface area (Å²) in [7, 11) is 0. The van der Waals surface area contributed by atoms with Gasteiger partial charge in [0.1, 0.15) is 11.5 Å². The van der Waals surface area contributed by atoms with E-state index in [0.29, 0.717) is 49.9 Å². The van der Waals surface area contributed by atoms with Gasteiger partial charge in [0.05, 0.1) is 0 Å². The lowest BCUT2D eigenvalue weighted by atomic mass is 9.91. The van der Waals surface area contributed by atoms with Crippen LogP contribution in [0.25, 0.3) is 11.1 Å². The van der Waals surface area contributed by atoms with E-state index in [1.807, 2.05) is 12.1 Å². The molecule has 0 aliphatic carbocycles. The summed E-state index contributed by atoms with van der Waals surface area (Å²) in [6, 6.07) is 10.3. The van der Waals surface area contributed by atoms with Gasteiger partial charge in [-0.3, -0.25) is 9.59 Å². The Labute approximate surface area is 140 Å². The van der Waals surface area contributed by atoms with Crippen LogP contribution in [-0.4, -0.2) is 36.1 Å². The molecule has 2 aromatic carbocycles. The van der Waals surface area contributed by atoms with Crippen LogP contribution in [-0.2, 0) is 22.4 Å². The minimum absolute atomic E-state index is 0.0599. The zero-order chi connectivity index (χ0) is 17.4. The van der Waals surface area contributed by atoms with Crippen molar-refractivity contribution in [3.63, 3.8) is 0 Å². The summed E-state index contributed by atoms with van der Waals surface area (Å²) in [5.74, 6) is 0.120. The molecule has 24 heavy (non-hydrogen) atoms. The number of carbonyl (C=O) groups excluding carboxylic acids is 2. The van der Waals surface area contributed by atoms with Crippen molar-refractivity contribution < 1.29 is 19.8 Å². The number of aromatic hydroxyl groups is 2. The molecule has 0 aromatic heterocycles. The highest BCUT2D eigenvalue weighted by Crippen LogP contribution is 2.40. The first kappa shape index (κ1) is 17.3. The van der Waals surface area contributed by atoms with Gasteiger partial charge in [0.2, 0.25) is 12.8 Å². The molecule has 0 radical (unpaired) electrons. The Bertz CT molecular complexity index is 655. The van der Waals surface area contributed by atoms with E-state index in [-0.39, 0.29) is 11.5 Å². The average Bonchev–Trinajstić information content (AvgIpc) is 2.57. The van der Waals surface area contributed by atoms with Crippen LogP contribution in [0, 0.1) is 0 Å². The third-order valence-electron chi connectivity index (χ3n) is 3.75. The van der Waals surface area contributed by atoms with E-state index in [0.717, 1.165) is 11.1 Å². The van der Waals surface area contributed by atoms with Gasteiger partial charge in [0, 0.05) is 24.2 Å². The lowest BCUT2D eigenvalue weighted by Gasteiger charge is -2.17. The van der Waals surface area contributed by atoms with Crippen molar-refractivity contribution in [2.24, 2.45) is 0 Å². The summed E-state index contributed by atoms with van der Waals surface area (Å²) in [5.41, 5.74) is 2.72. The van der Waals surface area contributed by atoms with E-state index >= 15 is 0 Å². The molecule has 0 atom stereocenters. The summed E-state index contributed by atoms with van der Waals surface area (Å²) < 4.78 is 0. The van der Waals surface area contributed by atoms with Gasteiger partial charge in [0.25, 0.3) is 0 Å². The number of rotatable bonds is 9. The number of phenolic OH excluding ortho intramolecular Hbond substituents is 2. The molecule has 2 amide bonds. The topological polar surface area (TPSA) is 98.7 Å². The lowest BCUT2D eigenvalue weighted by Crippen LogP contribution is -2.16. The van der Waals surface area contributed by atoms with E-state index in [2.05, 4.69) is 10.6 Å². The van der Waals surface area contributed by atoms with Crippen LogP contribution in [0.15, 0.2) is 36.4 Å². The van der Waals surface area contributed by atoms with Gasteiger partial charge in [-0.05, 0) is 36.1 Å². The van der Waals surface area contributed by atoms with Crippen molar-refractivity contribution in [2.45, 2.75) is 12.8 Å². The highest BCUT2D eigenvalue weighted by atomic mass is 16.3. The van der Waals surface area contributed by atoms with Gasteiger partial charge in [-0.25, -0.2) is 0 Å². The zero-order valence-electron chi connectivity index (χ0n) is 13.2. The summed E-state index contributed by atoms with van der Waals surface area (Å²) in [4.78, 5) is 20.9. The fourth-order valence-corrected chi connectivity index (χ4v) is 2.70. The van der Waals surface area contributed by atoms with E-state index < -0.39 is 0 Å². The maximum absolute atomic E-state index is 10.4. The highest BCUT2D eigenvalue weighted by molar-refractivity contribution is 5.81. The van der Waals surface area contributed by atoms with Crippen LogP contribution in [0.4, 0.5) is 0 Å². The van der Waals surface area contributed by atoms with E-state index in [1.165, 1.54) is 0 Å². The Morgan fingerprint density at radius 3 is 1.54 bits per heavy atom. The Balaban J connectivity index is 2.46. The summed E-state index contributed by atoms with van der Waals surface area (Å²) in [6.07, 6.45) is 2.28. The Kier molecular flexibility index (Phi) is 6.19. The molecule has 6 nitrogen and oxygen atoms in total. The van der Waals surface area contributed by atoms with Crippen molar-refractivity contribution in [2.75, 3.05) is 13.1 Å². The second kappa shape index (κ2) is 8.57. The highest BCUT2D eigenvalue weighted by Gasteiger charge is 2.17. The van der Waals surface area contributed by atoms with Gasteiger partial charge < -0.3 is 20.8 Å². The van der Waals surface area contributed by atoms with Crippen LogP contribution < -0.4 is 10.6 Å². The van der Waals surface area contributed by atoms with Crippen LogP contribution in [0.3, 0.4) is 0 Å². The largest absolute Gasteiger partial charge is 0.507 e. The number of nitrogens with one attached hydrogen (secondary N) is 2. The predicted octanol–water partition coefficient (Wildman–Crippen LogP) is 1.34. The fourth-order valence-electron chi connectivity index (χ4n) is 2.70. The number of benzene rings is 2. The van der Waals surface area contributed by atoms with Crippen LogP contribution >= 0.6 is 0 Å². The van der Waals surface area contributed by atoms with Crippen molar-refractivity contribution in [3.8, 4) is 22.6 Å². The molecule has 0 fully saturated rings.